The minimum Gasteiger partial charge on any atom is -0.364 e. The first-order valence-corrected chi connectivity index (χ1v) is 8.25. The molecule has 26 heavy (non-hydrogen) atoms. The molecule has 0 fully saturated rings. The number of primary amides is 1. The third-order valence-corrected chi connectivity index (χ3v) is 4.05. The Bertz CT molecular complexity index is 996. The van der Waals surface area contributed by atoms with Gasteiger partial charge in [0.1, 0.15) is 0 Å². The van der Waals surface area contributed by atoms with Gasteiger partial charge in [-0.25, -0.2) is 0 Å². The minimum atomic E-state index is -0.749. The number of hydrogen-bond acceptors (Lipinski definition) is 5. The Morgan fingerprint density at radius 1 is 1.31 bits per heavy atom. The predicted molar refractivity (Wildman–Crippen MR) is 96.3 cm³/mol. The number of carbonyl (C=O) groups is 2. The third kappa shape index (κ3) is 3.56. The number of amides is 2. The highest BCUT2D eigenvalue weighted by Crippen LogP contribution is 2.30. The van der Waals surface area contributed by atoms with Crippen LogP contribution < -0.4 is 11.1 Å². The van der Waals surface area contributed by atoms with Crippen LogP contribution in [0.3, 0.4) is 0 Å². The molecule has 8 nitrogen and oxygen atoms in total. The van der Waals surface area contributed by atoms with E-state index in [4.69, 9.17) is 33.5 Å². The molecule has 134 valence electrons. The van der Waals surface area contributed by atoms with E-state index in [1.165, 1.54) is 16.9 Å². The highest BCUT2D eigenvalue weighted by atomic mass is 35.5. The quantitative estimate of drug-likeness (QED) is 0.689. The zero-order valence-electron chi connectivity index (χ0n) is 13.5. The van der Waals surface area contributed by atoms with Gasteiger partial charge in [0.2, 0.25) is 0 Å². The molecule has 2 aromatic heterocycles. The topological polar surface area (TPSA) is 116 Å². The molecular weight excluding hydrogens is 381 g/mol. The fraction of sp³-hybridized carbons (Fsp3) is 0.125. The second-order valence-electron chi connectivity index (χ2n) is 5.27. The van der Waals surface area contributed by atoms with E-state index in [0.29, 0.717) is 27.9 Å². The van der Waals surface area contributed by atoms with Crippen LogP contribution in [0.4, 0.5) is 5.69 Å². The Labute approximate surface area is 157 Å². The highest BCUT2D eigenvalue weighted by Gasteiger charge is 2.20. The molecule has 10 heteroatoms. The van der Waals surface area contributed by atoms with Gasteiger partial charge in [-0.05, 0) is 25.1 Å². The number of anilines is 1. The second-order valence-corrected chi connectivity index (χ2v) is 6.11. The third-order valence-electron chi connectivity index (χ3n) is 3.51. The molecule has 0 spiro atoms. The van der Waals surface area contributed by atoms with Crippen molar-refractivity contribution in [1.82, 2.24) is 14.9 Å². The van der Waals surface area contributed by atoms with Gasteiger partial charge in [0.25, 0.3) is 11.8 Å². The molecule has 0 aliphatic carbocycles. The lowest BCUT2D eigenvalue weighted by Crippen LogP contribution is -2.18. The van der Waals surface area contributed by atoms with Gasteiger partial charge >= 0.3 is 0 Å². The molecular formula is C16H13Cl2N5O3. The summed E-state index contributed by atoms with van der Waals surface area (Å²) in [5.41, 5.74) is 5.98. The average Bonchev–Trinajstić information content (AvgIpc) is 3.21. The number of rotatable bonds is 5. The Balaban J connectivity index is 1.85. The van der Waals surface area contributed by atoms with Crippen LogP contribution in [0.25, 0.3) is 11.3 Å². The maximum Gasteiger partial charge on any atom is 0.277 e. The molecule has 0 unspecified atom stereocenters. The number of nitrogens with two attached hydrogens (primary N) is 1. The summed E-state index contributed by atoms with van der Waals surface area (Å²) >= 11 is 12.0. The van der Waals surface area contributed by atoms with Gasteiger partial charge in [0.15, 0.2) is 17.1 Å². The fourth-order valence-corrected chi connectivity index (χ4v) is 2.74. The normalized spacial score (nSPS) is 10.7. The summed E-state index contributed by atoms with van der Waals surface area (Å²) in [6.45, 7) is 2.35. The number of nitrogens with zero attached hydrogens (tertiary/aromatic N) is 3. The van der Waals surface area contributed by atoms with Crippen molar-refractivity contribution in [3.8, 4) is 11.3 Å². The van der Waals surface area contributed by atoms with Crippen LogP contribution in [-0.4, -0.2) is 26.8 Å². The lowest BCUT2D eigenvalue weighted by molar-refractivity contribution is 0.0995. The number of carbonyl (C=O) groups excluding carboxylic acids is 2. The molecule has 1 aromatic carbocycles. The molecule has 0 radical (unpaired) electrons. The molecule has 3 N–H and O–H groups in total. The number of nitrogens with one attached hydrogen (secondary N) is 1. The van der Waals surface area contributed by atoms with Crippen LogP contribution in [0.15, 0.2) is 35.0 Å². The van der Waals surface area contributed by atoms with Crippen molar-refractivity contribution in [2.75, 3.05) is 5.32 Å². The average molecular weight is 394 g/mol. The van der Waals surface area contributed by atoms with E-state index in [0.717, 1.165) is 0 Å². The van der Waals surface area contributed by atoms with Crippen molar-refractivity contribution in [3.63, 3.8) is 0 Å². The maximum atomic E-state index is 12.4. The minimum absolute atomic E-state index is 0.00526. The van der Waals surface area contributed by atoms with Crippen molar-refractivity contribution in [3.05, 3.63) is 51.9 Å². The molecule has 2 amide bonds. The molecule has 2 heterocycles. The van der Waals surface area contributed by atoms with E-state index in [1.54, 1.807) is 18.2 Å². The van der Waals surface area contributed by atoms with E-state index < -0.39 is 11.8 Å². The van der Waals surface area contributed by atoms with E-state index in [2.05, 4.69) is 15.6 Å². The van der Waals surface area contributed by atoms with Gasteiger partial charge < -0.3 is 15.6 Å². The monoisotopic (exact) mass is 393 g/mol. The number of benzene rings is 1. The fourth-order valence-electron chi connectivity index (χ4n) is 2.24. The summed E-state index contributed by atoms with van der Waals surface area (Å²) < 4.78 is 6.67. The molecule has 0 bridgehead atoms. The molecule has 3 aromatic rings. The molecule has 3 rings (SSSR count). The van der Waals surface area contributed by atoms with Gasteiger partial charge in [-0.15, -0.1) is 0 Å². The summed E-state index contributed by atoms with van der Waals surface area (Å²) in [7, 11) is 0. The molecule has 0 atom stereocenters. The first-order valence-electron chi connectivity index (χ1n) is 7.49. The van der Waals surface area contributed by atoms with Gasteiger partial charge in [0, 0.05) is 29.4 Å². The van der Waals surface area contributed by atoms with Gasteiger partial charge in [-0.2, -0.15) is 5.10 Å². The van der Waals surface area contributed by atoms with Crippen LogP contribution >= 0.6 is 23.2 Å². The summed E-state index contributed by atoms with van der Waals surface area (Å²) in [4.78, 5) is 23.9. The van der Waals surface area contributed by atoms with E-state index in [-0.39, 0.29) is 17.1 Å². The van der Waals surface area contributed by atoms with E-state index >= 15 is 0 Å². The van der Waals surface area contributed by atoms with Crippen LogP contribution in [0, 0.1) is 0 Å². The molecule has 0 saturated carbocycles. The summed E-state index contributed by atoms with van der Waals surface area (Å²) in [5.74, 6) is -1.03. The smallest absolute Gasteiger partial charge is 0.277 e. The Morgan fingerprint density at radius 3 is 2.73 bits per heavy atom. The molecule has 0 aliphatic heterocycles. The van der Waals surface area contributed by atoms with Gasteiger partial charge in [-0.3, -0.25) is 14.3 Å². The van der Waals surface area contributed by atoms with Crippen molar-refractivity contribution in [1.29, 1.82) is 0 Å². The number of halogens is 2. The van der Waals surface area contributed by atoms with Gasteiger partial charge in [-0.1, -0.05) is 28.4 Å². The van der Waals surface area contributed by atoms with Crippen LogP contribution in [0.2, 0.25) is 10.0 Å². The van der Waals surface area contributed by atoms with Crippen LogP contribution in [0.1, 0.15) is 27.9 Å². The first kappa shape index (κ1) is 18.0. The highest BCUT2D eigenvalue weighted by molar-refractivity contribution is 6.36. The SMILES string of the molecule is CCn1cc(NC(=O)c2cc(-c3ccc(Cl)cc3Cl)on2)c(C(N)=O)n1. The van der Waals surface area contributed by atoms with E-state index in [1.807, 2.05) is 6.92 Å². The Kier molecular flexibility index (Phi) is 4.97. The summed E-state index contributed by atoms with van der Waals surface area (Å²) in [6.07, 6.45) is 1.51. The van der Waals surface area contributed by atoms with Crippen molar-refractivity contribution in [2.24, 2.45) is 5.73 Å². The van der Waals surface area contributed by atoms with Crippen LogP contribution in [0.5, 0.6) is 0 Å². The number of aromatic nitrogens is 3. The standard InChI is InChI=1S/C16H13Cl2N5O3/c1-2-23-7-12(14(21-23)15(19)24)20-16(25)11-6-13(26-22-11)9-4-3-8(17)5-10(9)18/h3-7H,2H2,1H3,(H2,19,24)(H,20,25). The van der Waals surface area contributed by atoms with Crippen molar-refractivity contribution < 1.29 is 14.1 Å². The molecule has 0 saturated heterocycles. The van der Waals surface area contributed by atoms with Crippen molar-refractivity contribution >= 4 is 40.7 Å². The van der Waals surface area contributed by atoms with Crippen molar-refractivity contribution in [2.45, 2.75) is 13.5 Å². The van der Waals surface area contributed by atoms with E-state index in [9.17, 15) is 9.59 Å². The molecule has 0 aliphatic rings. The Morgan fingerprint density at radius 2 is 2.08 bits per heavy atom. The first-order chi connectivity index (χ1) is 12.4. The number of aryl methyl sites for hydroxylation is 1. The Hall–Kier alpha value is -2.84. The van der Waals surface area contributed by atoms with Gasteiger partial charge in [0.05, 0.1) is 10.7 Å². The number of hydrogen-bond donors (Lipinski definition) is 2. The second kappa shape index (κ2) is 7.19. The largest absolute Gasteiger partial charge is 0.364 e. The lowest BCUT2D eigenvalue weighted by atomic mass is 10.1. The predicted octanol–water partition coefficient (Wildman–Crippen LogP) is 3.22. The summed E-state index contributed by atoms with van der Waals surface area (Å²) in [5, 5.41) is 11.1. The summed E-state index contributed by atoms with van der Waals surface area (Å²) in [6, 6.07) is 6.28. The lowest BCUT2D eigenvalue weighted by Gasteiger charge is -2.00. The maximum absolute atomic E-state index is 12.4. The zero-order chi connectivity index (χ0) is 18.8. The van der Waals surface area contributed by atoms with Crippen LogP contribution in [-0.2, 0) is 6.54 Å². The zero-order valence-corrected chi connectivity index (χ0v) is 15.0.